The molecule has 29 heavy (non-hydrogen) atoms. The SMILES string of the molecule is O=C(Nc1cccc2c1CCCC2Cl)OCC1c2ccccc2-c2ccccc21. The van der Waals surface area contributed by atoms with Crippen molar-refractivity contribution in [2.24, 2.45) is 0 Å². The first-order valence-corrected chi connectivity index (χ1v) is 10.5. The quantitative estimate of drug-likeness (QED) is 0.496. The molecule has 0 spiro atoms. The molecule has 3 nitrogen and oxygen atoms in total. The Hall–Kier alpha value is -2.78. The number of amides is 1. The molecule has 5 rings (SSSR count). The Labute approximate surface area is 175 Å². The Morgan fingerprint density at radius 1 is 0.931 bits per heavy atom. The minimum atomic E-state index is -0.419. The third kappa shape index (κ3) is 3.30. The molecular formula is C25H22ClNO2. The van der Waals surface area contributed by atoms with Crippen LogP contribution in [0.25, 0.3) is 11.1 Å². The molecule has 1 amide bonds. The minimum Gasteiger partial charge on any atom is -0.448 e. The van der Waals surface area contributed by atoms with Crippen molar-refractivity contribution in [1.29, 1.82) is 0 Å². The van der Waals surface area contributed by atoms with Crippen molar-refractivity contribution in [3.05, 3.63) is 89.0 Å². The highest BCUT2D eigenvalue weighted by Crippen LogP contribution is 2.44. The van der Waals surface area contributed by atoms with Gasteiger partial charge in [-0.1, -0.05) is 60.7 Å². The number of carbonyl (C=O) groups excluding carboxylic acids is 1. The lowest BCUT2D eigenvalue weighted by atomic mass is 9.90. The Kier molecular flexibility index (Phi) is 4.76. The summed E-state index contributed by atoms with van der Waals surface area (Å²) in [6.45, 7) is 0.313. The van der Waals surface area contributed by atoms with Gasteiger partial charge in [-0.15, -0.1) is 11.6 Å². The van der Waals surface area contributed by atoms with Gasteiger partial charge in [0.2, 0.25) is 0 Å². The Morgan fingerprint density at radius 2 is 1.59 bits per heavy atom. The van der Waals surface area contributed by atoms with Gasteiger partial charge in [-0.05, 0) is 58.7 Å². The van der Waals surface area contributed by atoms with Crippen LogP contribution in [0.3, 0.4) is 0 Å². The van der Waals surface area contributed by atoms with Crippen molar-refractivity contribution in [1.82, 2.24) is 0 Å². The number of halogens is 1. The summed E-state index contributed by atoms with van der Waals surface area (Å²) in [6.07, 6.45) is 2.52. The second-order valence-electron chi connectivity index (χ2n) is 7.68. The topological polar surface area (TPSA) is 38.3 Å². The van der Waals surface area contributed by atoms with E-state index in [4.69, 9.17) is 16.3 Å². The molecule has 1 atom stereocenters. The van der Waals surface area contributed by atoms with E-state index < -0.39 is 6.09 Å². The van der Waals surface area contributed by atoms with Crippen LogP contribution in [0.15, 0.2) is 66.7 Å². The average Bonchev–Trinajstić information content (AvgIpc) is 3.07. The van der Waals surface area contributed by atoms with E-state index >= 15 is 0 Å². The molecule has 2 aliphatic rings. The highest BCUT2D eigenvalue weighted by atomic mass is 35.5. The summed E-state index contributed by atoms with van der Waals surface area (Å²) >= 11 is 6.45. The van der Waals surface area contributed by atoms with E-state index in [1.54, 1.807) is 0 Å². The molecule has 0 fully saturated rings. The number of rotatable bonds is 3. The first-order valence-electron chi connectivity index (χ1n) is 10.1. The predicted octanol–water partition coefficient (Wildman–Crippen LogP) is 6.66. The maximum absolute atomic E-state index is 12.6. The van der Waals surface area contributed by atoms with E-state index in [-0.39, 0.29) is 11.3 Å². The summed E-state index contributed by atoms with van der Waals surface area (Å²) in [4.78, 5) is 12.6. The van der Waals surface area contributed by atoms with Gasteiger partial charge in [-0.2, -0.15) is 0 Å². The van der Waals surface area contributed by atoms with Crippen LogP contribution in [0.5, 0.6) is 0 Å². The van der Waals surface area contributed by atoms with Crippen molar-refractivity contribution in [2.45, 2.75) is 30.6 Å². The molecule has 0 radical (unpaired) electrons. The largest absolute Gasteiger partial charge is 0.448 e. The number of benzene rings is 3. The van der Waals surface area contributed by atoms with Crippen molar-refractivity contribution in [2.75, 3.05) is 11.9 Å². The summed E-state index contributed by atoms with van der Waals surface area (Å²) in [5.41, 5.74) is 7.93. The Bertz CT molecular complexity index is 1030. The highest BCUT2D eigenvalue weighted by Gasteiger charge is 2.29. The van der Waals surface area contributed by atoms with E-state index in [1.807, 2.05) is 36.4 Å². The zero-order valence-electron chi connectivity index (χ0n) is 16.0. The fourth-order valence-electron chi connectivity index (χ4n) is 4.65. The summed E-state index contributed by atoms with van der Waals surface area (Å²) < 4.78 is 5.68. The lowest BCUT2D eigenvalue weighted by Crippen LogP contribution is -2.19. The van der Waals surface area contributed by atoms with Crippen molar-refractivity contribution >= 4 is 23.4 Å². The zero-order chi connectivity index (χ0) is 19.8. The van der Waals surface area contributed by atoms with Crippen LogP contribution < -0.4 is 5.32 Å². The number of anilines is 1. The van der Waals surface area contributed by atoms with E-state index in [1.165, 1.54) is 22.3 Å². The molecule has 3 aromatic carbocycles. The molecule has 1 N–H and O–H groups in total. The summed E-state index contributed by atoms with van der Waals surface area (Å²) in [5, 5.41) is 2.96. The first-order chi connectivity index (χ1) is 14.2. The molecule has 0 saturated carbocycles. The van der Waals surface area contributed by atoms with Gasteiger partial charge in [-0.3, -0.25) is 5.32 Å². The van der Waals surface area contributed by atoms with E-state index in [9.17, 15) is 4.79 Å². The van der Waals surface area contributed by atoms with Crippen LogP contribution in [-0.4, -0.2) is 12.7 Å². The number of carbonyl (C=O) groups is 1. The fraction of sp³-hybridized carbons (Fsp3) is 0.240. The lowest BCUT2D eigenvalue weighted by Gasteiger charge is -2.23. The highest BCUT2D eigenvalue weighted by molar-refractivity contribution is 6.21. The van der Waals surface area contributed by atoms with Crippen LogP contribution in [0.2, 0.25) is 0 Å². The summed E-state index contributed by atoms with van der Waals surface area (Å²) in [7, 11) is 0. The fourth-order valence-corrected chi connectivity index (χ4v) is 5.01. The third-order valence-electron chi connectivity index (χ3n) is 6.01. The molecular weight excluding hydrogens is 382 g/mol. The number of alkyl halides is 1. The average molecular weight is 404 g/mol. The van der Waals surface area contributed by atoms with Crippen LogP contribution in [0, 0.1) is 0 Å². The maximum atomic E-state index is 12.6. The lowest BCUT2D eigenvalue weighted by molar-refractivity contribution is 0.158. The molecule has 0 aromatic heterocycles. The van der Waals surface area contributed by atoms with E-state index in [2.05, 4.69) is 35.6 Å². The van der Waals surface area contributed by atoms with E-state index in [0.717, 1.165) is 36.1 Å². The predicted molar refractivity (Wildman–Crippen MR) is 117 cm³/mol. The first kappa shape index (κ1) is 18.3. The van der Waals surface area contributed by atoms with Gasteiger partial charge in [-0.25, -0.2) is 4.79 Å². The number of hydrogen-bond acceptors (Lipinski definition) is 2. The summed E-state index contributed by atoms with van der Waals surface area (Å²) in [5.74, 6) is 0.0602. The molecule has 2 aliphatic carbocycles. The standard InChI is InChI=1S/C25H22ClNO2/c26-23-13-5-12-21-20(23)11-6-14-24(21)27-25(28)29-15-22-18-9-3-1-7-16(18)17-8-2-4-10-19(17)22/h1-4,6-11,14,22-23H,5,12-13,15H2,(H,27,28). The van der Waals surface area contributed by atoms with Gasteiger partial charge in [0.1, 0.15) is 6.61 Å². The van der Waals surface area contributed by atoms with Crippen LogP contribution in [0.1, 0.15) is 46.4 Å². The van der Waals surface area contributed by atoms with Crippen LogP contribution in [-0.2, 0) is 11.2 Å². The monoisotopic (exact) mass is 403 g/mol. The molecule has 0 bridgehead atoms. The molecule has 1 unspecified atom stereocenters. The molecule has 0 saturated heterocycles. The number of hydrogen-bond donors (Lipinski definition) is 1. The van der Waals surface area contributed by atoms with Gasteiger partial charge in [0.05, 0.1) is 5.38 Å². The van der Waals surface area contributed by atoms with E-state index in [0.29, 0.717) is 6.61 Å². The molecule has 0 aliphatic heterocycles. The second-order valence-corrected chi connectivity index (χ2v) is 8.21. The van der Waals surface area contributed by atoms with Crippen LogP contribution >= 0.6 is 11.6 Å². The van der Waals surface area contributed by atoms with Gasteiger partial charge in [0, 0.05) is 11.6 Å². The van der Waals surface area contributed by atoms with Gasteiger partial charge < -0.3 is 4.74 Å². The number of ether oxygens (including phenoxy) is 1. The smallest absolute Gasteiger partial charge is 0.411 e. The minimum absolute atomic E-state index is 0.0167. The molecule has 0 heterocycles. The Morgan fingerprint density at radius 3 is 2.31 bits per heavy atom. The maximum Gasteiger partial charge on any atom is 0.411 e. The number of fused-ring (bicyclic) bond motifs is 4. The molecule has 3 aromatic rings. The summed E-state index contributed by atoms with van der Waals surface area (Å²) in [6, 6.07) is 22.6. The zero-order valence-corrected chi connectivity index (χ0v) is 16.8. The normalized spacial score (nSPS) is 17.2. The van der Waals surface area contributed by atoms with Gasteiger partial charge in [0.15, 0.2) is 0 Å². The number of nitrogens with one attached hydrogen (secondary N) is 1. The van der Waals surface area contributed by atoms with Crippen molar-refractivity contribution < 1.29 is 9.53 Å². The third-order valence-corrected chi connectivity index (χ3v) is 6.47. The Balaban J connectivity index is 1.33. The van der Waals surface area contributed by atoms with Crippen LogP contribution in [0.4, 0.5) is 10.5 Å². The second kappa shape index (κ2) is 7.57. The van der Waals surface area contributed by atoms with Gasteiger partial charge >= 0.3 is 6.09 Å². The van der Waals surface area contributed by atoms with Crippen molar-refractivity contribution in [3.63, 3.8) is 0 Å². The van der Waals surface area contributed by atoms with Gasteiger partial charge in [0.25, 0.3) is 0 Å². The molecule has 146 valence electrons. The van der Waals surface area contributed by atoms with Crippen molar-refractivity contribution in [3.8, 4) is 11.1 Å². The molecule has 4 heteroatoms.